The van der Waals surface area contributed by atoms with Crippen molar-refractivity contribution in [1.29, 1.82) is 0 Å². The molecule has 0 atom stereocenters. The highest BCUT2D eigenvalue weighted by Gasteiger charge is 2.24. The molecule has 30 heavy (non-hydrogen) atoms. The second-order valence-corrected chi connectivity index (χ2v) is 8.60. The summed E-state index contributed by atoms with van der Waals surface area (Å²) < 4.78 is 1.45. The van der Waals surface area contributed by atoms with Crippen molar-refractivity contribution in [3.63, 3.8) is 0 Å². The van der Waals surface area contributed by atoms with Crippen molar-refractivity contribution in [2.75, 3.05) is 0 Å². The van der Waals surface area contributed by atoms with Gasteiger partial charge in [-0.1, -0.05) is 23.4 Å². The molecule has 8 nitrogen and oxygen atoms in total. The smallest absolute Gasteiger partial charge is 0.276 e. The summed E-state index contributed by atoms with van der Waals surface area (Å²) in [5, 5.41) is 23.2. The Morgan fingerprint density at radius 2 is 1.77 bits per heavy atom. The van der Waals surface area contributed by atoms with Gasteiger partial charge in [0.15, 0.2) is 5.69 Å². The van der Waals surface area contributed by atoms with Gasteiger partial charge in [0.2, 0.25) is 0 Å². The van der Waals surface area contributed by atoms with Crippen LogP contribution in [0.2, 0.25) is 0 Å². The molecule has 1 amide bonds. The lowest BCUT2D eigenvalue weighted by molar-refractivity contribution is -0.384. The van der Waals surface area contributed by atoms with E-state index in [0.717, 1.165) is 9.75 Å². The van der Waals surface area contributed by atoms with Crippen molar-refractivity contribution < 1.29 is 9.72 Å². The van der Waals surface area contributed by atoms with E-state index >= 15 is 0 Å². The molecular formula is C20H17N5O3S2. The first-order valence-corrected chi connectivity index (χ1v) is 10.8. The topological polar surface area (TPSA) is 94.2 Å². The largest absolute Gasteiger partial charge is 0.327 e. The van der Waals surface area contributed by atoms with Gasteiger partial charge in [0.1, 0.15) is 0 Å². The molecule has 0 unspecified atom stereocenters. The summed E-state index contributed by atoms with van der Waals surface area (Å²) in [7, 11) is 0. The summed E-state index contributed by atoms with van der Waals surface area (Å²) in [5.74, 6) is -0.231. The Labute approximate surface area is 180 Å². The number of thiophene rings is 2. The number of benzene rings is 1. The highest BCUT2D eigenvalue weighted by molar-refractivity contribution is 7.10. The fraction of sp³-hybridized carbons (Fsp3) is 0.150. The summed E-state index contributed by atoms with van der Waals surface area (Å²) >= 11 is 3.18. The first-order valence-electron chi connectivity index (χ1n) is 9.04. The van der Waals surface area contributed by atoms with Crippen LogP contribution in [-0.4, -0.2) is 30.7 Å². The normalized spacial score (nSPS) is 10.8. The molecule has 0 spiro atoms. The van der Waals surface area contributed by atoms with Gasteiger partial charge in [0, 0.05) is 21.9 Å². The van der Waals surface area contributed by atoms with Crippen LogP contribution in [0.3, 0.4) is 0 Å². The van der Waals surface area contributed by atoms with Crippen LogP contribution in [0.1, 0.15) is 25.9 Å². The van der Waals surface area contributed by atoms with Crippen LogP contribution in [0.5, 0.6) is 0 Å². The number of carbonyl (C=O) groups is 1. The number of aromatic nitrogens is 3. The molecule has 0 fully saturated rings. The second kappa shape index (κ2) is 8.56. The van der Waals surface area contributed by atoms with E-state index in [4.69, 9.17) is 0 Å². The van der Waals surface area contributed by atoms with Crippen LogP contribution in [0.4, 0.5) is 5.69 Å². The van der Waals surface area contributed by atoms with E-state index in [2.05, 4.69) is 10.3 Å². The van der Waals surface area contributed by atoms with E-state index in [1.54, 1.807) is 46.6 Å². The molecule has 4 aromatic rings. The van der Waals surface area contributed by atoms with Gasteiger partial charge in [0.05, 0.1) is 29.4 Å². The molecule has 0 aliphatic rings. The van der Waals surface area contributed by atoms with Gasteiger partial charge in [-0.05, 0) is 35.9 Å². The summed E-state index contributed by atoms with van der Waals surface area (Å²) in [6, 6.07) is 14.0. The van der Waals surface area contributed by atoms with Crippen molar-refractivity contribution in [2.24, 2.45) is 0 Å². The minimum absolute atomic E-state index is 0.0488. The Hall–Kier alpha value is -3.37. The minimum Gasteiger partial charge on any atom is -0.327 e. The Morgan fingerprint density at radius 3 is 2.33 bits per heavy atom. The fourth-order valence-electron chi connectivity index (χ4n) is 3.04. The fourth-order valence-corrected chi connectivity index (χ4v) is 4.48. The summed E-state index contributed by atoms with van der Waals surface area (Å²) in [6.07, 6.45) is 0. The highest BCUT2D eigenvalue weighted by atomic mass is 32.1. The Bertz CT molecular complexity index is 1130. The Kier molecular flexibility index (Phi) is 5.68. The van der Waals surface area contributed by atoms with E-state index in [0.29, 0.717) is 24.5 Å². The molecule has 3 aromatic heterocycles. The second-order valence-electron chi connectivity index (χ2n) is 6.53. The van der Waals surface area contributed by atoms with Crippen molar-refractivity contribution in [1.82, 2.24) is 19.9 Å². The van der Waals surface area contributed by atoms with E-state index < -0.39 is 4.92 Å². The van der Waals surface area contributed by atoms with Gasteiger partial charge in [-0.25, -0.2) is 4.68 Å². The number of carbonyl (C=O) groups excluding carboxylic acids is 1. The number of hydrogen-bond acceptors (Lipinski definition) is 7. The summed E-state index contributed by atoms with van der Waals surface area (Å²) in [4.78, 5) is 27.8. The number of nitro groups is 1. The lowest BCUT2D eigenvalue weighted by Crippen LogP contribution is -2.30. The molecule has 0 aliphatic carbocycles. The van der Waals surface area contributed by atoms with Crippen molar-refractivity contribution >= 4 is 34.3 Å². The minimum atomic E-state index is -0.467. The number of nitro benzene ring substituents is 1. The number of nitrogens with zero attached hydrogens (tertiary/aromatic N) is 5. The molecule has 3 heterocycles. The average Bonchev–Trinajstić information content (AvgIpc) is 3.50. The van der Waals surface area contributed by atoms with Crippen LogP contribution in [0, 0.1) is 17.0 Å². The molecule has 10 heteroatoms. The lowest BCUT2D eigenvalue weighted by Gasteiger charge is -2.20. The molecule has 0 aliphatic heterocycles. The van der Waals surface area contributed by atoms with E-state index in [1.165, 1.54) is 16.8 Å². The third-order valence-electron chi connectivity index (χ3n) is 4.52. The predicted molar refractivity (Wildman–Crippen MR) is 115 cm³/mol. The molecule has 0 radical (unpaired) electrons. The number of non-ortho nitro benzene ring substituents is 1. The van der Waals surface area contributed by atoms with Gasteiger partial charge in [-0.3, -0.25) is 14.9 Å². The zero-order valence-corrected chi connectivity index (χ0v) is 17.6. The monoisotopic (exact) mass is 439 g/mol. The van der Waals surface area contributed by atoms with E-state index in [1.807, 2.05) is 35.0 Å². The SMILES string of the molecule is Cc1c(C(=O)N(Cc2cccs2)Cc2cccs2)nnn1-c1cccc([N+](=O)[O-])c1. The molecule has 152 valence electrons. The van der Waals surface area contributed by atoms with Gasteiger partial charge in [-0.15, -0.1) is 27.8 Å². The van der Waals surface area contributed by atoms with Crippen molar-refractivity contribution in [3.05, 3.63) is 90.5 Å². The van der Waals surface area contributed by atoms with Gasteiger partial charge in [-0.2, -0.15) is 0 Å². The van der Waals surface area contributed by atoms with Crippen molar-refractivity contribution in [2.45, 2.75) is 20.0 Å². The van der Waals surface area contributed by atoms with Gasteiger partial charge in [0.25, 0.3) is 11.6 Å². The van der Waals surface area contributed by atoms with Gasteiger partial charge < -0.3 is 4.90 Å². The quantitative estimate of drug-likeness (QED) is 0.313. The van der Waals surface area contributed by atoms with E-state index in [9.17, 15) is 14.9 Å². The molecule has 0 bridgehead atoms. The molecule has 1 aromatic carbocycles. The van der Waals surface area contributed by atoms with Crippen LogP contribution in [-0.2, 0) is 13.1 Å². The van der Waals surface area contributed by atoms with Crippen LogP contribution in [0.15, 0.2) is 59.3 Å². The maximum Gasteiger partial charge on any atom is 0.276 e. The number of hydrogen-bond donors (Lipinski definition) is 0. The maximum atomic E-state index is 13.3. The maximum absolute atomic E-state index is 13.3. The average molecular weight is 440 g/mol. The van der Waals surface area contributed by atoms with Crippen LogP contribution in [0.25, 0.3) is 5.69 Å². The first kappa shape index (κ1) is 19.9. The van der Waals surface area contributed by atoms with E-state index in [-0.39, 0.29) is 17.3 Å². The standard InChI is InChI=1S/C20H17N5O3S2/c1-14-19(21-22-24(14)15-5-2-6-16(11-15)25(27)28)20(26)23(12-17-7-3-9-29-17)13-18-8-4-10-30-18/h2-11H,12-13H2,1H3. The highest BCUT2D eigenvalue weighted by Crippen LogP contribution is 2.22. The summed E-state index contributed by atoms with van der Waals surface area (Å²) in [5.41, 5.74) is 1.20. The zero-order chi connectivity index (χ0) is 21.1. The van der Waals surface area contributed by atoms with Gasteiger partial charge >= 0.3 is 0 Å². The summed E-state index contributed by atoms with van der Waals surface area (Å²) in [6.45, 7) is 2.68. The Morgan fingerprint density at radius 1 is 1.10 bits per heavy atom. The zero-order valence-electron chi connectivity index (χ0n) is 16.0. The molecular weight excluding hydrogens is 422 g/mol. The van der Waals surface area contributed by atoms with Crippen molar-refractivity contribution in [3.8, 4) is 5.69 Å². The lowest BCUT2D eigenvalue weighted by atomic mass is 10.2. The Balaban J connectivity index is 1.65. The third kappa shape index (κ3) is 4.14. The third-order valence-corrected chi connectivity index (χ3v) is 6.25. The molecule has 0 saturated heterocycles. The molecule has 0 N–H and O–H groups in total. The predicted octanol–water partition coefficient (Wildman–Crippen LogP) is 4.45. The van der Waals surface area contributed by atoms with Crippen LogP contribution >= 0.6 is 22.7 Å². The number of rotatable bonds is 7. The molecule has 0 saturated carbocycles. The first-order chi connectivity index (χ1) is 14.5. The van der Waals surface area contributed by atoms with Crippen LogP contribution < -0.4 is 0 Å². The molecule has 4 rings (SSSR count). The number of amides is 1.